The van der Waals surface area contributed by atoms with Crippen LogP contribution in [-0.2, 0) is 15.7 Å². The first kappa shape index (κ1) is 22.7. The van der Waals surface area contributed by atoms with Gasteiger partial charge in [-0.15, -0.1) is 5.10 Å². The van der Waals surface area contributed by atoms with Gasteiger partial charge in [-0.2, -0.15) is 13.2 Å². The van der Waals surface area contributed by atoms with E-state index in [0.29, 0.717) is 17.1 Å². The maximum Gasteiger partial charge on any atom is 0.418 e. The van der Waals surface area contributed by atoms with Crippen molar-refractivity contribution in [2.24, 2.45) is 0 Å². The molecular formula is C24H17F3N4O3. The van der Waals surface area contributed by atoms with E-state index < -0.39 is 35.9 Å². The number of aromatic nitrogens is 3. The summed E-state index contributed by atoms with van der Waals surface area (Å²) in [4.78, 5) is 28.9. The number of rotatable bonds is 6. The van der Waals surface area contributed by atoms with E-state index in [1.807, 2.05) is 12.1 Å². The molecule has 4 aromatic rings. The summed E-state index contributed by atoms with van der Waals surface area (Å²) in [5.74, 6) is -1.85. The van der Waals surface area contributed by atoms with E-state index in [1.165, 1.54) is 16.8 Å². The van der Waals surface area contributed by atoms with Gasteiger partial charge in [0.1, 0.15) is 0 Å². The molecule has 0 saturated carbocycles. The Morgan fingerprint density at radius 3 is 2.18 bits per heavy atom. The Hall–Kier alpha value is -4.47. The van der Waals surface area contributed by atoms with Gasteiger partial charge in [0.15, 0.2) is 12.4 Å². The highest BCUT2D eigenvalue weighted by Gasteiger charge is 2.33. The van der Waals surface area contributed by atoms with Crippen molar-refractivity contribution < 1.29 is 27.5 Å². The highest BCUT2D eigenvalue weighted by atomic mass is 19.4. The average Bonchev–Trinajstić information content (AvgIpc) is 3.29. The summed E-state index contributed by atoms with van der Waals surface area (Å²) < 4.78 is 45.7. The van der Waals surface area contributed by atoms with Crippen molar-refractivity contribution >= 4 is 17.6 Å². The van der Waals surface area contributed by atoms with Gasteiger partial charge in [-0.3, -0.25) is 4.79 Å². The predicted molar refractivity (Wildman–Crippen MR) is 117 cm³/mol. The molecule has 34 heavy (non-hydrogen) atoms. The quantitative estimate of drug-likeness (QED) is 0.415. The minimum absolute atomic E-state index is 0.300. The number of esters is 1. The summed E-state index contributed by atoms with van der Waals surface area (Å²) in [7, 11) is 0. The average molecular weight is 466 g/mol. The smallest absolute Gasteiger partial charge is 0.418 e. The highest BCUT2D eigenvalue weighted by Crippen LogP contribution is 2.34. The maximum absolute atomic E-state index is 13.1. The van der Waals surface area contributed by atoms with E-state index in [1.54, 1.807) is 48.5 Å². The van der Waals surface area contributed by atoms with Gasteiger partial charge in [0.2, 0.25) is 0 Å². The Morgan fingerprint density at radius 1 is 0.882 bits per heavy atom. The Balaban J connectivity index is 1.51. The third-order valence-corrected chi connectivity index (χ3v) is 4.66. The number of amides is 1. The van der Waals surface area contributed by atoms with Gasteiger partial charge in [0, 0.05) is 5.56 Å². The van der Waals surface area contributed by atoms with E-state index >= 15 is 0 Å². The number of hydrogen-bond acceptors (Lipinski definition) is 5. The molecule has 0 unspecified atom stereocenters. The Kier molecular flexibility index (Phi) is 6.39. The van der Waals surface area contributed by atoms with E-state index in [-0.39, 0.29) is 5.82 Å². The highest BCUT2D eigenvalue weighted by molar-refractivity contribution is 5.95. The van der Waals surface area contributed by atoms with Crippen molar-refractivity contribution in [2.75, 3.05) is 11.9 Å². The Morgan fingerprint density at radius 2 is 1.50 bits per heavy atom. The number of nitrogens with one attached hydrogen (secondary N) is 1. The monoisotopic (exact) mass is 466 g/mol. The number of carbonyl (C=O) groups excluding carboxylic acids is 2. The molecule has 4 rings (SSSR count). The van der Waals surface area contributed by atoms with Crippen molar-refractivity contribution in [1.82, 2.24) is 14.8 Å². The van der Waals surface area contributed by atoms with Gasteiger partial charge >= 0.3 is 12.1 Å². The van der Waals surface area contributed by atoms with E-state index in [9.17, 15) is 22.8 Å². The number of carbonyl (C=O) groups is 2. The predicted octanol–water partition coefficient (Wildman–Crippen LogP) is 4.75. The molecule has 0 atom stereocenters. The van der Waals surface area contributed by atoms with Gasteiger partial charge in [-0.1, -0.05) is 60.7 Å². The van der Waals surface area contributed by atoms with Crippen LogP contribution in [0.25, 0.3) is 17.1 Å². The fourth-order valence-corrected chi connectivity index (χ4v) is 3.14. The van der Waals surface area contributed by atoms with Gasteiger partial charge in [-0.25, -0.2) is 14.5 Å². The zero-order valence-corrected chi connectivity index (χ0v) is 17.5. The third-order valence-electron chi connectivity index (χ3n) is 4.66. The maximum atomic E-state index is 13.1. The van der Waals surface area contributed by atoms with Crippen LogP contribution in [-0.4, -0.2) is 33.2 Å². The minimum atomic E-state index is -4.65. The summed E-state index contributed by atoms with van der Waals surface area (Å²) in [5.41, 5.74) is -0.104. The van der Waals surface area contributed by atoms with Gasteiger partial charge in [0.05, 0.1) is 16.9 Å². The number of ether oxygens (including phenoxy) is 1. The number of alkyl halides is 3. The molecule has 0 radical (unpaired) electrons. The van der Waals surface area contributed by atoms with E-state index in [4.69, 9.17) is 4.74 Å². The number of hydrogen-bond donors (Lipinski definition) is 1. The molecule has 1 N–H and O–H groups in total. The summed E-state index contributed by atoms with van der Waals surface area (Å²) in [5, 5.41) is 6.33. The summed E-state index contributed by atoms with van der Waals surface area (Å²) in [6, 6.07) is 22.5. The first-order chi connectivity index (χ1) is 16.3. The molecule has 0 aliphatic carbocycles. The number of anilines is 1. The van der Waals surface area contributed by atoms with Crippen LogP contribution in [0.1, 0.15) is 16.2 Å². The van der Waals surface area contributed by atoms with E-state index in [0.717, 1.165) is 12.1 Å². The second kappa shape index (κ2) is 9.57. The van der Waals surface area contributed by atoms with E-state index in [2.05, 4.69) is 15.4 Å². The lowest BCUT2D eigenvalue weighted by atomic mass is 10.1. The number of benzene rings is 3. The first-order valence-electron chi connectivity index (χ1n) is 10.0. The number of halogens is 3. The SMILES string of the molecule is O=C(COC(=O)c1nc(-c2ccccc2)n(-c2ccccc2)n1)Nc1ccccc1C(F)(F)F. The van der Waals surface area contributed by atoms with Gasteiger partial charge in [0.25, 0.3) is 11.7 Å². The third kappa shape index (κ3) is 5.12. The lowest BCUT2D eigenvalue weighted by molar-refractivity contribution is -0.137. The van der Waals surface area contributed by atoms with Crippen LogP contribution in [0.3, 0.4) is 0 Å². The molecular weight excluding hydrogens is 449 g/mol. The minimum Gasteiger partial charge on any atom is -0.450 e. The Labute approximate surface area is 191 Å². The van der Waals surface area contributed by atoms with Crippen molar-refractivity contribution in [1.29, 1.82) is 0 Å². The van der Waals surface area contributed by atoms with Crippen molar-refractivity contribution in [3.63, 3.8) is 0 Å². The van der Waals surface area contributed by atoms with Crippen LogP contribution in [0, 0.1) is 0 Å². The molecule has 0 bridgehead atoms. The molecule has 0 spiro atoms. The molecule has 0 aliphatic rings. The molecule has 1 heterocycles. The van der Waals surface area contributed by atoms with Crippen LogP contribution in [0.5, 0.6) is 0 Å². The van der Waals surface area contributed by atoms with Crippen LogP contribution < -0.4 is 5.32 Å². The Bertz CT molecular complexity index is 1250. The normalized spacial score (nSPS) is 11.1. The summed E-state index contributed by atoms with van der Waals surface area (Å²) >= 11 is 0. The molecule has 0 aliphatic heterocycles. The molecule has 0 fully saturated rings. The lowest BCUT2D eigenvalue weighted by Gasteiger charge is -2.13. The molecule has 172 valence electrons. The van der Waals surface area contributed by atoms with Crippen LogP contribution >= 0.6 is 0 Å². The second-order valence-corrected chi connectivity index (χ2v) is 7.04. The fraction of sp³-hybridized carbons (Fsp3) is 0.0833. The molecule has 1 aromatic heterocycles. The van der Waals surface area contributed by atoms with Gasteiger partial charge in [-0.05, 0) is 24.3 Å². The summed E-state index contributed by atoms with van der Waals surface area (Å²) in [6.45, 7) is -0.814. The number of para-hydroxylation sites is 2. The standard InChI is InChI=1S/C24H17F3N4O3/c25-24(26,27)18-13-7-8-14-19(18)28-20(32)15-34-23(33)21-29-22(16-9-3-1-4-10-16)31(30-21)17-11-5-2-6-12-17/h1-14H,15H2,(H,28,32). The van der Waals surface area contributed by atoms with Crippen molar-refractivity contribution in [3.8, 4) is 17.1 Å². The molecule has 7 nitrogen and oxygen atoms in total. The second-order valence-electron chi connectivity index (χ2n) is 7.04. The fourth-order valence-electron chi connectivity index (χ4n) is 3.14. The van der Waals surface area contributed by atoms with Crippen LogP contribution in [0.15, 0.2) is 84.9 Å². The zero-order chi connectivity index (χ0) is 24.1. The molecule has 1 amide bonds. The summed E-state index contributed by atoms with van der Waals surface area (Å²) in [6.07, 6.45) is -4.65. The van der Waals surface area contributed by atoms with Gasteiger partial charge < -0.3 is 10.1 Å². The first-order valence-corrected chi connectivity index (χ1v) is 10.0. The number of nitrogens with zero attached hydrogens (tertiary/aromatic N) is 3. The molecule has 10 heteroatoms. The van der Waals surface area contributed by atoms with Crippen molar-refractivity contribution in [3.05, 3.63) is 96.3 Å². The van der Waals surface area contributed by atoms with Crippen LogP contribution in [0.2, 0.25) is 0 Å². The molecule has 3 aromatic carbocycles. The largest absolute Gasteiger partial charge is 0.450 e. The van der Waals surface area contributed by atoms with Crippen LogP contribution in [0.4, 0.5) is 18.9 Å². The molecule has 0 saturated heterocycles. The lowest BCUT2D eigenvalue weighted by Crippen LogP contribution is -2.23. The topological polar surface area (TPSA) is 86.1 Å². The van der Waals surface area contributed by atoms with Crippen molar-refractivity contribution in [2.45, 2.75) is 6.18 Å². The zero-order valence-electron chi connectivity index (χ0n) is 17.5.